The molecule has 5 nitrogen and oxygen atoms in total. The van der Waals surface area contributed by atoms with Gasteiger partial charge in [-0.15, -0.1) is 0 Å². The Morgan fingerprint density at radius 1 is 1.00 bits per heavy atom. The fourth-order valence-electron chi connectivity index (χ4n) is 3.40. The summed E-state index contributed by atoms with van der Waals surface area (Å²) in [7, 11) is 0. The number of ether oxygens (including phenoxy) is 2. The van der Waals surface area contributed by atoms with E-state index in [9.17, 15) is 9.59 Å². The van der Waals surface area contributed by atoms with E-state index in [1.807, 2.05) is 32.0 Å². The number of fused-ring (bicyclic) bond motifs is 1. The lowest BCUT2D eigenvalue weighted by Crippen LogP contribution is -2.36. The minimum absolute atomic E-state index is 0.0523. The van der Waals surface area contributed by atoms with E-state index in [1.54, 1.807) is 18.2 Å². The molecule has 2 aliphatic rings. The Kier molecular flexibility index (Phi) is 4.24. The van der Waals surface area contributed by atoms with Gasteiger partial charge in [0.05, 0.1) is 23.8 Å². The first-order valence-corrected chi connectivity index (χ1v) is 8.90. The van der Waals surface area contributed by atoms with Gasteiger partial charge in [-0.25, -0.2) is 0 Å². The molecule has 134 valence electrons. The molecule has 2 heterocycles. The lowest BCUT2D eigenvalue weighted by molar-refractivity contribution is 0.0475. The molecule has 0 aliphatic carbocycles. The van der Waals surface area contributed by atoms with Crippen LogP contribution in [0.15, 0.2) is 36.4 Å². The van der Waals surface area contributed by atoms with Crippen LogP contribution >= 0.6 is 0 Å². The second-order valence-corrected chi connectivity index (χ2v) is 6.91. The van der Waals surface area contributed by atoms with E-state index in [-0.39, 0.29) is 17.9 Å². The van der Waals surface area contributed by atoms with Crippen LogP contribution in [0.3, 0.4) is 0 Å². The van der Waals surface area contributed by atoms with E-state index < -0.39 is 0 Å². The summed E-state index contributed by atoms with van der Waals surface area (Å²) in [6.45, 7) is 5.08. The van der Waals surface area contributed by atoms with Crippen LogP contribution in [-0.4, -0.2) is 36.0 Å². The summed E-state index contributed by atoms with van der Waals surface area (Å²) >= 11 is 0. The van der Waals surface area contributed by atoms with Crippen molar-refractivity contribution in [3.05, 3.63) is 58.7 Å². The van der Waals surface area contributed by atoms with Gasteiger partial charge in [-0.2, -0.15) is 0 Å². The largest absolute Gasteiger partial charge is 0.457 e. The van der Waals surface area contributed by atoms with Crippen molar-refractivity contribution >= 4 is 11.8 Å². The first-order valence-electron chi connectivity index (χ1n) is 8.90. The molecule has 0 radical (unpaired) electrons. The fraction of sp³-hybridized carbons (Fsp3) is 0.333. The number of hydrogen-bond donors (Lipinski definition) is 0. The van der Waals surface area contributed by atoms with Crippen molar-refractivity contribution in [2.24, 2.45) is 0 Å². The predicted molar refractivity (Wildman–Crippen MR) is 96.8 cm³/mol. The van der Waals surface area contributed by atoms with Gasteiger partial charge >= 0.3 is 0 Å². The number of benzene rings is 2. The lowest BCUT2D eigenvalue weighted by Gasteiger charge is -2.17. The van der Waals surface area contributed by atoms with Crippen LogP contribution in [0.2, 0.25) is 0 Å². The highest BCUT2D eigenvalue weighted by molar-refractivity contribution is 6.21. The molecule has 2 aliphatic heterocycles. The summed E-state index contributed by atoms with van der Waals surface area (Å²) in [6, 6.07) is 10.9. The minimum Gasteiger partial charge on any atom is -0.457 e. The second kappa shape index (κ2) is 6.57. The van der Waals surface area contributed by atoms with Gasteiger partial charge in [-0.1, -0.05) is 6.07 Å². The van der Waals surface area contributed by atoms with Gasteiger partial charge < -0.3 is 9.47 Å². The zero-order valence-electron chi connectivity index (χ0n) is 15.0. The normalized spacial score (nSPS) is 19.2. The maximum atomic E-state index is 12.7. The molecule has 1 saturated heterocycles. The zero-order valence-corrected chi connectivity index (χ0v) is 15.0. The number of amides is 2. The van der Waals surface area contributed by atoms with E-state index in [4.69, 9.17) is 9.47 Å². The number of hydrogen-bond acceptors (Lipinski definition) is 4. The number of imide groups is 1. The van der Waals surface area contributed by atoms with E-state index in [0.29, 0.717) is 35.8 Å². The molecule has 0 aromatic heterocycles. The Balaban J connectivity index is 1.56. The molecular weight excluding hydrogens is 330 g/mol. The van der Waals surface area contributed by atoms with Gasteiger partial charge in [0.15, 0.2) is 0 Å². The van der Waals surface area contributed by atoms with E-state index in [0.717, 1.165) is 18.4 Å². The average Bonchev–Trinajstić information content (AvgIpc) is 3.22. The average molecular weight is 351 g/mol. The standard InChI is InChI=1S/C21H21NO4/c1-13-5-6-15(10-14(13)2)26-16-7-8-18-19(11-16)21(24)22(20(18)23)12-17-4-3-9-25-17/h5-8,10-11,17H,3-4,9,12H2,1-2H3. The molecule has 2 amide bonds. The van der Waals surface area contributed by atoms with Crippen molar-refractivity contribution in [2.75, 3.05) is 13.2 Å². The third kappa shape index (κ3) is 2.99. The van der Waals surface area contributed by atoms with E-state index >= 15 is 0 Å². The van der Waals surface area contributed by atoms with Gasteiger partial charge in [0.2, 0.25) is 0 Å². The Bertz CT molecular complexity index is 884. The molecule has 1 atom stereocenters. The molecule has 0 N–H and O–H groups in total. The van der Waals surface area contributed by atoms with Gasteiger partial charge in [0, 0.05) is 6.61 Å². The summed E-state index contributed by atoms with van der Waals surface area (Å²) in [6.07, 6.45) is 1.81. The van der Waals surface area contributed by atoms with Crippen molar-refractivity contribution in [3.8, 4) is 11.5 Å². The second-order valence-electron chi connectivity index (χ2n) is 6.91. The first kappa shape index (κ1) is 16.8. The summed E-state index contributed by atoms with van der Waals surface area (Å²) in [4.78, 5) is 26.5. The number of aryl methyl sites for hydroxylation is 2. The third-order valence-electron chi connectivity index (χ3n) is 5.07. The Labute approximate surface area is 152 Å². The van der Waals surface area contributed by atoms with Crippen LogP contribution in [-0.2, 0) is 4.74 Å². The van der Waals surface area contributed by atoms with Crippen molar-refractivity contribution in [3.63, 3.8) is 0 Å². The van der Waals surface area contributed by atoms with Crippen LogP contribution in [0.1, 0.15) is 44.7 Å². The van der Waals surface area contributed by atoms with Crippen molar-refractivity contribution in [1.29, 1.82) is 0 Å². The van der Waals surface area contributed by atoms with E-state index in [2.05, 4.69) is 0 Å². The van der Waals surface area contributed by atoms with Gasteiger partial charge in [0.1, 0.15) is 11.5 Å². The third-order valence-corrected chi connectivity index (χ3v) is 5.07. The minimum atomic E-state index is -0.272. The Morgan fingerprint density at radius 2 is 1.73 bits per heavy atom. The van der Waals surface area contributed by atoms with Crippen molar-refractivity contribution in [2.45, 2.75) is 32.8 Å². The number of nitrogens with zero attached hydrogens (tertiary/aromatic N) is 1. The van der Waals surface area contributed by atoms with Crippen LogP contribution in [0.4, 0.5) is 0 Å². The van der Waals surface area contributed by atoms with Gasteiger partial charge in [-0.3, -0.25) is 14.5 Å². The molecule has 2 aromatic carbocycles. The maximum absolute atomic E-state index is 12.7. The van der Waals surface area contributed by atoms with E-state index in [1.165, 1.54) is 10.5 Å². The zero-order chi connectivity index (χ0) is 18.3. The van der Waals surface area contributed by atoms with Gasteiger partial charge in [-0.05, 0) is 68.1 Å². The van der Waals surface area contributed by atoms with Crippen LogP contribution in [0.5, 0.6) is 11.5 Å². The molecule has 0 saturated carbocycles. The smallest absolute Gasteiger partial charge is 0.261 e. The quantitative estimate of drug-likeness (QED) is 0.785. The topological polar surface area (TPSA) is 55.8 Å². The first-order chi connectivity index (χ1) is 12.5. The highest BCUT2D eigenvalue weighted by Gasteiger charge is 2.37. The number of rotatable bonds is 4. The molecule has 1 fully saturated rings. The Morgan fingerprint density at radius 3 is 2.46 bits per heavy atom. The van der Waals surface area contributed by atoms with Crippen LogP contribution < -0.4 is 4.74 Å². The maximum Gasteiger partial charge on any atom is 0.261 e. The molecule has 0 bridgehead atoms. The molecule has 1 unspecified atom stereocenters. The SMILES string of the molecule is Cc1ccc(Oc2ccc3c(c2)C(=O)N(CC2CCCO2)C3=O)cc1C. The summed E-state index contributed by atoms with van der Waals surface area (Å²) in [5.74, 6) is 0.734. The number of carbonyl (C=O) groups excluding carboxylic acids is 2. The predicted octanol–water partition coefficient (Wildman–Crippen LogP) is 3.87. The highest BCUT2D eigenvalue weighted by atomic mass is 16.5. The highest BCUT2D eigenvalue weighted by Crippen LogP contribution is 2.31. The van der Waals surface area contributed by atoms with Crippen molar-refractivity contribution < 1.29 is 19.1 Å². The molecule has 2 aromatic rings. The van der Waals surface area contributed by atoms with Gasteiger partial charge in [0.25, 0.3) is 11.8 Å². The monoisotopic (exact) mass is 351 g/mol. The van der Waals surface area contributed by atoms with Crippen LogP contribution in [0, 0.1) is 13.8 Å². The lowest BCUT2D eigenvalue weighted by atomic mass is 10.1. The Hall–Kier alpha value is -2.66. The van der Waals surface area contributed by atoms with Crippen LogP contribution in [0.25, 0.3) is 0 Å². The molecule has 0 spiro atoms. The molecule has 26 heavy (non-hydrogen) atoms. The molecular formula is C21H21NO4. The molecule has 4 rings (SSSR count). The fourth-order valence-corrected chi connectivity index (χ4v) is 3.40. The summed E-state index contributed by atoms with van der Waals surface area (Å²) in [5, 5.41) is 0. The summed E-state index contributed by atoms with van der Waals surface area (Å²) in [5.41, 5.74) is 3.16. The molecule has 5 heteroatoms. The summed E-state index contributed by atoms with van der Waals surface area (Å²) < 4.78 is 11.4. The number of carbonyl (C=O) groups is 2. The van der Waals surface area contributed by atoms with Crippen molar-refractivity contribution in [1.82, 2.24) is 4.90 Å².